The molecule has 0 aromatic carbocycles. The summed E-state index contributed by atoms with van der Waals surface area (Å²) in [6.07, 6.45) is 8.15. The maximum absolute atomic E-state index is 10.2. The second kappa shape index (κ2) is 6.42. The standard InChI is InChI=1S/C13H18Cl2OS/c14-12-8-10(13(15)17-12)11(16)7-9-5-3-1-2-4-6-9/h8-9,11,16H,1-7H2. The maximum Gasteiger partial charge on any atom is 0.100 e. The Morgan fingerprint density at radius 2 is 1.88 bits per heavy atom. The molecule has 1 unspecified atom stereocenters. The number of thiophene rings is 1. The van der Waals surface area contributed by atoms with E-state index in [1.165, 1.54) is 49.9 Å². The first kappa shape index (κ1) is 13.7. The van der Waals surface area contributed by atoms with Gasteiger partial charge in [-0.3, -0.25) is 0 Å². The molecule has 0 saturated heterocycles. The molecule has 1 N–H and O–H groups in total. The summed E-state index contributed by atoms with van der Waals surface area (Å²) in [6.45, 7) is 0. The summed E-state index contributed by atoms with van der Waals surface area (Å²) in [4.78, 5) is 0. The first-order valence-electron chi connectivity index (χ1n) is 6.29. The van der Waals surface area contributed by atoms with E-state index < -0.39 is 6.10 Å². The van der Waals surface area contributed by atoms with Crippen LogP contribution in [0.5, 0.6) is 0 Å². The minimum Gasteiger partial charge on any atom is -0.388 e. The largest absolute Gasteiger partial charge is 0.388 e. The van der Waals surface area contributed by atoms with Crippen molar-refractivity contribution in [1.29, 1.82) is 0 Å². The van der Waals surface area contributed by atoms with Crippen molar-refractivity contribution in [3.63, 3.8) is 0 Å². The molecule has 0 bridgehead atoms. The van der Waals surface area contributed by atoms with E-state index in [0.29, 0.717) is 14.6 Å². The van der Waals surface area contributed by atoms with Gasteiger partial charge >= 0.3 is 0 Å². The summed E-state index contributed by atoms with van der Waals surface area (Å²) in [7, 11) is 0. The van der Waals surface area contributed by atoms with Crippen LogP contribution in [-0.2, 0) is 0 Å². The fraction of sp³-hybridized carbons (Fsp3) is 0.692. The van der Waals surface area contributed by atoms with Gasteiger partial charge in [0.25, 0.3) is 0 Å². The minimum absolute atomic E-state index is 0.450. The molecule has 1 nitrogen and oxygen atoms in total. The van der Waals surface area contributed by atoms with E-state index in [9.17, 15) is 5.11 Å². The average molecular weight is 293 g/mol. The first-order valence-corrected chi connectivity index (χ1v) is 7.87. The van der Waals surface area contributed by atoms with Crippen LogP contribution in [0.3, 0.4) is 0 Å². The topological polar surface area (TPSA) is 20.2 Å². The normalized spacial score (nSPS) is 20.2. The lowest BCUT2D eigenvalue weighted by atomic mass is 9.92. The van der Waals surface area contributed by atoms with Crippen molar-refractivity contribution in [3.8, 4) is 0 Å². The number of aliphatic hydroxyl groups excluding tert-OH is 1. The van der Waals surface area contributed by atoms with Crippen molar-refractivity contribution in [2.45, 2.75) is 51.0 Å². The zero-order valence-electron chi connectivity index (χ0n) is 9.79. The lowest BCUT2D eigenvalue weighted by Crippen LogP contribution is -2.06. The fourth-order valence-corrected chi connectivity index (χ4v) is 4.19. The molecule has 1 aliphatic carbocycles. The summed E-state index contributed by atoms with van der Waals surface area (Å²) in [5, 5.41) is 10.2. The van der Waals surface area contributed by atoms with Crippen LogP contribution >= 0.6 is 34.5 Å². The Kier molecular flexibility index (Phi) is 5.16. The van der Waals surface area contributed by atoms with Crippen LogP contribution < -0.4 is 0 Å². The molecule has 0 radical (unpaired) electrons. The molecule has 0 amide bonds. The molecule has 1 saturated carbocycles. The third-order valence-corrected chi connectivity index (χ3v) is 5.09. The van der Waals surface area contributed by atoms with Gasteiger partial charge in [0.2, 0.25) is 0 Å². The molecule has 2 rings (SSSR count). The summed E-state index contributed by atoms with van der Waals surface area (Å²) in [6, 6.07) is 1.80. The lowest BCUT2D eigenvalue weighted by molar-refractivity contribution is 0.139. The fourth-order valence-electron chi connectivity index (χ4n) is 2.62. The number of hydrogen-bond donors (Lipinski definition) is 1. The first-order chi connectivity index (χ1) is 8.16. The summed E-state index contributed by atoms with van der Waals surface area (Å²) in [5.41, 5.74) is 0.811. The molecule has 1 heterocycles. The molecule has 17 heavy (non-hydrogen) atoms. The molecular formula is C13H18Cl2OS. The Morgan fingerprint density at radius 1 is 1.24 bits per heavy atom. The highest BCUT2D eigenvalue weighted by molar-refractivity contribution is 7.20. The van der Waals surface area contributed by atoms with Gasteiger partial charge in [-0.25, -0.2) is 0 Å². The summed E-state index contributed by atoms with van der Waals surface area (Å²) >= 11 is 13.3. The van der Waals surface area contributed by atoms with Crippen molar-refractivity contribution in [3.05, 3.63) is 20.3 Å². The third kappa shape index (κ3) is 3.85. The van der Waals surface area contributed by atoms with Gasteiger partial charge in [-0.2, -0.15) is 0 Å². The van der Waals surface area contributed by atoms with Crippen LogP contribution in [0.4, 0.5) is 0 Å². The van der Waals surface area contributed by atoms with E-state index in [1.54, 1.807) is 6.07 Å². The van der Waals surface area contributed by atoms with Crippen LogP contribution in [0.1, 0.15) is 56.6 Å². The molecule has 0 aliphatic heterocycles. The highest BCUT2D eigenvalue weighted by atomic mass is 35.5. The minimum atomic E-state index is -0.450. The smallest absolute Gasteiger partial charge is 0.100 e. The summed E-state index contributed by atoms with van der Waals surface area (Å²) < 4.78 is 1.29. The zero-order valence-corrected chi connectivity index (χ0v) is 12.1. The van der Waals surface area contributed by atoms with Crippen LogP contribution in [0.15, 0.2) is 6.07 Å². The van der Waals surface area contributed by atoms with Gasteiger partial charge in [0.05, 0.1) is 10.4 Å². The average Bonchev–Trinajstić information content (AvgIpc) is 2.51. The Hall–Kier alpha value is 0.240. The quantitative estimate of drug-likeness (QED) is 0.735. The van der Waals surface area contributed by atoms with E-state index in [4.69, 9.17) is 23.2 Å². The van der Waals surface area contributed by atoms with E-state index in [1.807, 2.05) is 0 Å². The third-order valence-electron chi connectivity index (χ3n) is 3.57. The number of rotatable bonds is 3. The van der Waals surface area contributed by atoms with Crippen molar-refractivity contribution in [1.82, 2.24) is 0 Å². The molecule has 1 aromatic rings. The lowest BCUT2D eigenvalue weighted by Gasteiger charge is -2.18. The Balaban J connectivity index is 1.95. The van der Waals surface area contributed by atoms with E-state index in [0.717, 1.165) is 12.0 Å². The van der Waals surface area contributed by atoms with Crippen molar-refractivity contribution in [2.75, 3.05) is 0 Å². The van der Waals surface area contributed by atoms with Gasteiger partial charge in [0, 0.05) is 5.56 Å². The Morgan fingerprint density at radius 3 is 2.41 bits per heavy atom. The number of halogens is 2. The molecular weight excluding hydrogens is 275 g/mol. The molecule has 96 valence electrons. The highest BCUT2D eigenvalue weighted by Crippen LogP contribution is 2.38. The van der Waals surface area contributed by atoms with Crippen molar-refractivity contribution < 1.29 is 5.11 Å². The highest BCUT2D eigenvalue weighted by Gasteiger charge is 2.20. The van der Waals surface area contributed by atoms with E-state index >= 15 is 0 Å². The molecule has 1 aliphatic rings. The SMILES string of the molecule is OC(CC1CCCCCC1)c1cc(Cl)sc1Cl. The van der Waals surface area contributed by atoms with Crippen molar-refractivity contribution >= 4 is 34.5 Å². The molecule has 1 atom stereocenters. The van der Waals surface area contributed by atoms with Crippen LogP contribution in [0.2, 0.25) is 8.67 Å². The van der Waals surface area contributed by atoms with Gasteiger partial charge in [-0.05, 0) is 18.4 Å². The van der Waals surface area contributed by atoms with Gasteiger partial charge in [0.15, 0.2) is 0 Å². The van der Waals surface area contributed by atoms with Crippen molar-refractivity contribution in [2.24, 2.45) is 5.92 Å². The van der Waals surface area contributed by atoms with Crippen LogP contribution in [0.25, 0.3) is 0 Å². The predicted molar refractivity (Wildman–Crippen MR) is 75.1 cm³/mol. The monoisotopic (exact) mass is 292 g/mol. The Labute approximate surface area is 117 Å². The zero-order chi connectivity index (χ0) is 12.3. The molecule has 4 heteroatoms. The molecule has 1 fully saturated rings. The Bertz CT molecular complexity index is 356. The van der Waals surface area contributed by atoms with Crippen LogP contribution in [-0.4, -0.2) is 5.11 Å². The number of hydrogen-bond acceptors (Lipinski definition) is 2. The van der Waals surface area contributed by atoms with Gasteiger partial charge in [-0.15, -0.1) is 11.3 Å². The summed E-state index contributed by atoms with van der Waals surface area (Å²) in [5.74, 6) is 0.641. The number of aliphatic hydroxyl groups is 1. The second-order valence-corrected chi connectivity index (χ2v) is 7.17. The maximum atomic E-state index is 10.2. The molecule has 1 aromatic heterocycles. The van der Waals surface area contributed by atoms with Gasteiger partial charge in [-0.1, -0.05) is 61.7 Å². The van der Waals surface area contributed by atoms with Crippen LogP contribution in [0, 0.1) is 5.92 Å². The van der Waals surface area contributed by atoms with Gasteiger partial charge < -0.3 is 5.11 Å². The molecule has 0 spiro atoms. The van der Waals surface area contributed by atoms with E-state index in [-0.39, 0.29) is 0 Å². The van der Waals surface area contributed by atoms with E-state index in [2.05, 4.69) is 0 Å². The predicted octanol–water partition coefficient (Wildman–Crippen LogP) is 5.45. The van der Waals surface area contributed by atoms with Gasteiger partial charge in [0.1, 0.15) is 4.34 Å². The second-order valence-electron chi connectivity index (χ2n) is 4.89.